The molecule has 0 fully saturated rings. The fourth-order valence-corrected chi connectivity index (χ4v) is 1.55. The van der Waals surface area contributed by atoms with E-state index in [1.165, 1.54) is 5.56 Å². The van der Waals surface area contributed by atoms with Crippen molar-refractivity contribution in [2.45, 2.75) is 39.8 Å². The number of ether oxygens (including phenoxy) is 1. The molecule has 0 saturated heterocycles. The fourth-order valence-electron chi connectivity index (χ4n) is 1.55. The van der Waals surface area contributed by atoms with E-state index < -0.39 is 0 Å². The molecule has 0 saturated carbocycles. The summed E-state index contributed by atoms with van der Waals surface area (Å²) in [4.78, 5) is 11.5. The van der Waals surface area contributed by atoms with Crippen molar-refractivity contribution in [1.82, 2.24) is 10.6 Å². The summed E-state index contributed by atoms with van der Waals surface area (Å²) in [6.45, 7) is 8.79. The highest BCUT2D eigenvalue weighted by atomic mass is 16.5. The first-order valence-corrected chi connectivity index (χ1v) is 6.69. The van der Waals surface area contributed by atoms with Crippen LogP contribution < -0.4 is 15.4 Å². The highest BCUT2D eigenvalue weighted by Gasteiger charge is 2.07. The maximum atomic E-state index is 11.5. The Morgan fingerprint density at radius 2 is 1.84 bits per heavy atom. The van der Waals surface area contributed by atoms with Crippen molar-refractivity contribution in [3.8, 4) is 5.75 Å². The molecule has 2 N–H and O–H groups in total. The van der Waals surface area contributed by atoms with Crippen molar-refractivity contribution in [3.05, 3.63) is 29.8 Å². The lowest BCUT2D eigenvalue weighted by molar-refractivity contribution is -0.120. The number of amides is 1. The molecule has 4 heteroatoms. The Morgan fingerprint density at radius 1 is 1.21 bits per heavy atom. The maximum absolute atomic E-state index is 11.5. The fraction of sp³-hybridized carbons (Fsp3) is 0.533. The second-order valence-corrected chi connectivity index (χ2v) is 5.13. The van der Waals surface area contributed by atoms with Crippen molar-refractivity contribution < 1.29 is 9.53 Å². The molecule has 0 aliphatic carbocycles. The van der Waals surface area contributed by atoms with Crippen LogP contribution in [0.15, 0.2) is 24.3 Å². The van der Waals surface area contributed by atoms with Crippen LogP contribution >= 0.6 is 0 Å². The summed E-state index contributed by atoms with van der Waals surface area (Å²) in [5, 5.41) is 5.97. The van der Waals surface area contributed by atoms with Crippen LogP contribution in [0, 0.1) is 6.92 Å². The lowest BCUT2D eigenvalue weighted by Gasteiger charge is -2.15. The number of aryl methyl sites for hydroxylation is 1. The molecule has 0 bridgehead atoms. The number of benzene rings is 1. The summed E-state index contributed by atoms with van der Waals surface area (Å²) < 4.78 is 5.64. The molecular formula is C15H24N2O2. The molecule has 1 atom stereocenters. The predicted molar refractivity (Wildman–Crippen MR) is 77.4 cm³/mol. The zero-order valence-corrected chi connectivity index (χ0v) is 12.2. The zero-order valence-electron chi connectivity index (χ0n) is 12.2. The van der Waals surface area contributed by atoms with E-state index in [2.05, 4.69) is 10.6 Å². The van der Waals surface area contributed by atoms with Crippen LogP contribution in [0.3, 0.4) is 0 Å². The van der Waals surface area contributed by atoms with Crippen LogP contribution in [0.4, 0.5) is 0 Å². The average Bonchev–Trinajstić information content (AvgIpc) is 2.35. The molecule has 106 valence electrons. The molecule has 0 aromatic heterocycles. The van der Waals surface area contributed by atoms with Gasteiger partial charge in [-0.3, -0.25) is 4.79 Å². The molecule has 0 aliphatic heterocycles. The third-order valence-corrected chi connectivity index (χ3v) is 2.58. The van der Waals surface area contributed by atoms with Gasteiger partial charge >= 0.3 is 0 Å². The van der Waals surface area contributed by atoms with Crippen molar-refractivity contribution >= 4 is 5.91 Å². The van der Waals surface area contributed by atoms with Gasteiger partial charge in [-0.2, -0.15) is 0 Å². The summed E-state index contributed by atoms with van der Waals surface area (Å²) in [6.07, 6.45) is 0. The highest BCUT2D eigenvalue weighted by Crippen LogP contribution is 2.11. The van der Waals surface area contributed by atoms with E-state index >= 15 is 0 Å². The van der Waals surface area contributed by atoms with E-state index in [0.29, 0.717) is 13.2 Å². The van der Waals surface area contributed by atoms with E-state index in [4.69, 9.17) is 4.74 Å². The van der Waals surface area contributed by atoms with E-state index in [-0.39, 0.29) is 18.0 Å². The molecule has 0 radical (unpaired) electrons. The van der Waals surface area contributed by atoms with Crippen LogP contribution in [-0.4, -0.2) is 31.1 Å². The van der Waals surface area contributed by atoms with E-state index in [1.54, 1.807) is 0 Å². The summed E-state index contributed by atoms with van der Waals surface area (Å²) in [6, 6.07) is 8.24. The van der Waals surface area contributed by atoms with Gasteiger partial charge in [-0.15, -0.1) is 0 Å². The molecule has 1 aromatic carbocycles. The van der Waals surface area contributed by atoms with Gasteiger partial charge in [-0.1, -0.05) is 17.7 Å². The Morgan fingerprint density at radius 3 is 2.42 bits per heavy atom. The molecule has 0 heterocycles. The summed E-state index contributed by atoms with van der Waals surface area (Å²) in [5.74, 6) is 0.864. The number of carbonyl (C=O) groups excluding carboxylic acids is 1. The van der Waals surface area contributed by atoms with Gasteiger partial charge in [-0.25, -0.2) is 0 Å². The van der Waals surface area contributed by atoms with E-state index in [1.807, 2.05) is 52.0 Å². The number of hydrogen-bond acceptors (Lipinski definition) is 3. The Bertz CT molecular complexity index is 388. The normalized spacial score (nSPS) is 12.3. The van der Waals surface area contributed by atoms with Gasteiger partial charge < -0.3 is 15.4 Å². The molecule has 0 aliphatic rings. The molecule has 1 unspecified atom stereocenters. The molecular weight excluding hydrogens is 240 g/mol. The SMILES string of the molecule is Cc1ccc(OCC(C)NCC(=O)NC(C)C)cc1. The average molecular weight is 264 g/mol. The smallest absolute Gasteiger partial charge is 0.234 e. The van der Waals surface area contributed by atoms with Gasteiger partial charge in [0.25, 0.3) is 0 Å². The minimum atomic E-state index is 0.0113. The molecule has 4 nitrogen and oxygen atoms in total. The minimum absolute atomic E-state index is 0.0113. The zero-order chi connectivity index (χ0) is 14.3. The second-order valence-electron chi connectivity index (χ2n) is 5.13. The van der Waals surface area contributed by atoms with Gasteiger partial charge in [0.2, 0.25) is 5.91 Å². The van der Waals surface area contributed by atoms with Crippen molar-refractivity contribution in [2.24, 2.45) is 0 Å². The second kappa shape index (κ2) is 7.79. The van der Waals surface area contributed by atoms with Crippen molar-refractivity contribution in [3.63, 3.8) is 0 Å². The van der Waals surface area contributed by atoms with Crippen LogP contribution in [-0.2, 0) is 4.79 Å². The predicted octanol–water partition coefficient (Wildman–Crippen LogP) is 1.88. The van der Waals surface area contributed by atoms with Crippen LogP contribution in [0.25, 0.3) is 0 Å². The summed E-state index contributed by atoms with van der Waals surface area (Å²) in [7, 11) is 0. The third kappa shape index (κ3) is 6.82. The van der Waals surface area contributed by atoms with Crippen LogP contribution in [0.5, 0.6) is 5.75 Å². The van der Waals surface area contributed by atoms with Gasteiger partial charge in [0.15, 0.2) is 0 Å². The first kappa shape index (κ1) is 15.5. The molecule has 1 rings (SSSR count). The van der Waals surface area contributed by atoms with Gasteiger partial charge in [0, 0.05) is 12.1 Å². The molecule has 0 spiro atoms. The minimum Gasteiger partial charge on any atom is -0.492 e. The van der Waals surface area contributed by atoms with Crippen LogP contribution in [0.2, 0.25) is 0 Å². The van der Waals surface area contributed by atoms with Crippen LogP contribution in [0.1, 0.15) is 26.3 Å². The maximum Gasteiger partial charge on any atom is 0.234 e. The molecule has 19 heavy (non-hydrogen) atoms. The van der Waals surface area contributed by atoms with E-state index in [0.717, 1.165) is 5.75 Å². The third-order valence-electron chi connectivity index (χ3n) is 2.58. The number of nitrogens with one attached hydrogen (secondary N) is 2. The van der Waals surface area contributed by atoms with Crippen molar-refractivity contribution in [1.29, 1.82) is 0 Å². The Labute approximate surface area is 115 Å². The van der Waals surface area contributed by atoms with Gasteiger partial charge in [0.1, 0.15) is 12.4 Å². The molecule has 1 amide bonds. The lowest BCUT2D eigenvalue weighted by Crippen LogP contribution is -2.42. The topological polar surface area (TPSA) is 50.4 Å². The van der Waals surface area contributed by atoms with Crippen molar-refractivity contribution in [2.75, 3.05) is 13.2 Å². The van der Waals surface area contributed by atoms with Gasteiger partial charge in [0.05, 0.1) is 6.54 Å². The Balaban J connectivity index is 2.22. The molecule has 1 aromatic rings. The summed E-state index contributed by atoms with van der Waals surface area (Å²) in [5.41, 5.74) is 1.21. The Kier molecular flexibility index (Phi) is 6.36. The quantitative estimate of drug-likeness (QED) is 0.790. The lowest BCUT2D eigenvalue weighted by atomic mass is 10.2. The highest BCUT2D eigenvalue weighted by molar-refractivity contribution is 5.78. The number of hydrogen-bond donors (Lipinski definition) is 2. The van der Waals surface area contributed by atoms with Gasteiger partial charge in [-0.05, 0) is 39.8 Å². The summed E-state index contributed by atoms with van der Waals surface area (Å²) >= 11 is 0. The standard InChI is InChI=1S/C15H24N2O2/c1-11(2)17-15(18)9-16-13(4)10-19-14-7-5-12(3)6-8-14/h5-8,11,13,16H,9-10H2,1-4H3,(H,17,18). The Hall–Kier alpha value is -1.55. The number of rotatable bonds is 7. The van der Waals surface area contributed by atoms with E-state index in [9.17, 15) is 4.79 Å². The first-order valence-electron chi connectivity index (χ1n) is 6.69. The largest absolute Gasteiger partial charge is 0.492 e. The number of carbonyl (C=O) groups is 1. The monoisotopic (exact) mass is 264 g/mol. The first-order chi connectivity index (χ1) is 8.97.